The monoisotopic (exact) mass is 430 g/mol. The molecule has 0 bridgehead atoms. The molecule has 0 aliphatic carbocycles. The molecule has 0 saturated carbocycles. The lowest BCUT2D eigenvalue weighted by atomic mass is 10.1. The van der Waals surface area contributed by atoms with Gasteiger partial charge >= 0.3 is 0 Å². The normalized spacial score (nSPS) is 15.8. The van der Waals surface area contributed by atoms with Gasteiger partial charge in [0, 0.05) is 25.7 Å². The summed E-state index contributed by atoms with van der Waals surface area (Å²) in [5, 5.41) is 2.75. The predicted molar refractivity (Wildman–Crippen MR) is 116 cm³/mol. The molecule has 0 radical (unpaired) electrons. The first kappa shape index (κ1) is 22.2. The van der Waals surface area contributed by atoms with Crippen molar-refractivity contribution in [2.24, 2.45) is 0 Å². The summed E-state index contributed by atoms with van der Waals surface area (Å²) >= 11 is 0. The predicted octanol–water partition coefficient (Wildman–Crippen LogP) is 3.76. The summed E-state index contributed by atoms with van der Waals surface area (Å²) in [5.74, 6) is -0.548. The van der Waals surface area contributed by atoms with Crippen LogP contribution >= 0.6 is 0 Å². The fourth-order valence-corrected chi connectivity index (χ4v) is 4.95. The quantitative estimate of drug-likeness (QED) is 0.680. The van der Waals surface area contributed by atoms with E-state index < -0.39 is 10.0 Å². The van der Waals surface area contributed by atoms with Crippen LogP contribution in [0.5, 0.6) is 0 Å². The number of benzene rings is 2. The van der Waals surface area contributed by atoms with Crippen LogP contribution in [0.1, 0.15) is 36.8 Å². The molecule has 1 N–H and O–H groups in total. The van der Waals surface area contributed by atoms with Crippen LogP contribution in [0.25, 0.3) is 6.08 Å². The number of nitrogens with zero attached hydrogens (tertiary/aromatic N) is 1. The van der Waals surface area contributed by atoms with E-state index in [-0.39, 0.29) is 16.6 Å². The van der Waals surface area contributed by atoms with Crippen molar-refractivity contribution in [3.63, 3.8) is 0 Å². The Bertz CT molecular complexity index is 980. The van der Waals surface area contributed by atoms with Crippen molar-refractivity contribution in [3.05, 3.63) is 71.6 Å². The third-order valence-corrected chi connectivity index (χ3v) is 7.02. The van der Waals surface area contributed by atoms with Gasteiger partial charge in [0.25, 0.3) is 0 Å². The van der Waals surface area contributed by atoms with Crippen LogP contribution in [0.4, 0.5) is 4.39 Å². The van der Waals surface area contributed by atoms with Gasteiger partial charge in [0.2, 0.25) is 15.9 Å². The Hall–Kier alpha value is -2.51. The average molecular weight is 431 g/mol. The van der Waals surface area contributed by atoms with E-state index in [4.69, 9.17) is 0 Å². The Morgan fingerprint density at radius 3 is 2.40 bits per heavy atom. The minimum atomic E-state index is -3.47. The molecule has 1 aliphatic rings. The second kappa shape index (κ2) is 10.5. The van der Waals surface area contributed by atoms with Crippen LogP contribution < -0.4 is 5.32 Å². The van der Waals surface area contributed by atoms with Gasteiger partial charge in [-0.2, -0.15) is 4.31 Å². The highest BCUT2D eigenvalue weighted by atomic mass is 32.2. The van der Waals surface area contributed by atoms with Crippen LogP contribution in [-0.4, -0.2) is 38.3 Å². The summed E-state index contributed by atoms with van der Waals surface area (Å²) in [6.45, 7) is 1.54. The van der Waals surface area contributed by atoms with E-state index in [0.29, 0.717) is 26.1 Å². The lowest BCUT2D eigenvalue weighted by Gasteiger charge is -2.19. The number of carbonyl (C=O) groups is 1. The van der Waals surface area contributed by atoms with Crippen molar-refractivity contribution in [1.29, 1.82) is 0 Å². The van der Waals surface area contributed by atoms with Crippen molar-refractivity contribution >= 4 is 22.0 Å². The fraction of sp³-hybridized carbons (Fsp3) is 0.348. The molecule has 1 heterocycles. The molecule has 2 aromatic carbocycles. The lowest BCUT2D eigenvalue weighted by Crippen LogP contribution is -2.31. The third-order valence-electron chi connectivity index (χ3n) is 5.11. The Morgan fingerprint density at radius 1 is 1.03 bits per heavy atom. The molecule has 0 aromatic heterocycles. The number of nitrogens with one attached hydrogen (secondary N) is 1. The highest BCUT2D eigenvalue weighted by Crippen LogP contribution is 2.21. The maximum atomic E-state index is 13.1. The first-order valence-corrected chi connectivity index (χ1v) is 11.7. The molecule has 1 saturated heterocycles. The molecule has 160 valence electrons. The maximum absolute atomic E-state index is 13.1. The SMILES string of the molecule is O=C(C=Cc1ccc(S(=O)(=O)N2CCCCCC2)cc1)NCCc1cccc(F)c1. The zero-order valence-corrected chi connectivity index (χ0v) is 17.7. The zero-order valence-electron chi connectivity index (χ0n) is 16.9. The summed E-state index contributed by atoms with van der Waals surface area (Å²) in [7, 11) is -3.47. The van der Waals surface area contributed by atoms with E-state index >= 15 is 0 Å². The number of rotatable bonds is 7. The molecule has 7 heteroatoms. The summed E-state index contributed by atoms with van der Waals surface area (Å²) in [5.41, 5.74) is 1.56. The van der Waals surface area contributed by atoms with Gasteiger partial charge in [-0.25, -0.2) is 12.8 Å². The van der Waals surface area contributed by atoms with Crippen molar-refractivity contribution in [3.8, 4) is 0 Å². The minimum Gasteiger partial charge on any atom is -0.352 e. The number of hydrogen-bond acceptors (Lipinski definition) is 3. The molecular formula is C23H27FN2O3S. The molecule has 0 atom stereocenters. The van der Waals surface area contributed by atoms with Gasteiger partial charge < -0.3 is 5.32 Å². The van der Waals surface area contributed by atoms with Crippen molar-refractivity contribution in [1.82, 2.24) is 9.62 Å². The van der Waals surface area contributed by atoms with Crippen molar-refractivity contribution < 1.29 is 17.6 Å². The van der Waals surface area contributed by atoms with Gasteiger partial charge in [0.05, 0.1) is 4.90 Å². The molecule has 0 unspecified atom stereocenters. The van der Waals surface area contributed by atoms with E-state index in [1.807, 2.05) is 6.07 Å². The van der Waals surface area contributed by atoms with Crippen LogP contribution in [0.15, 0.2) is 59.5 Å². The van der Waals surface area contributed by atoms with Gasteiger partial charge in [-0.15, -0.1) is 0 Å². The Labute approximate surface area is 177 Å². The summed E-state index contributed by atoms with van der Waals surface area (Å²) in [6, 6.07) is 12.8. The van der Waals surface area contributed by atoms with Crippen LogP contribution in [0.3, 0.4) is 0 Å². The maximum Gasteiger partial charge on any atom is 0.244 e. The second-order valence-corrected chi connectivity index (χ2v) is 9.33. The van der Waals surface area contributed by atoms with Crippen molar-refractivity contribution in [2.75, 3.05) is 19.6 Å². The summed E-state index contributed by atoms with van der Waals surface area (Å²) < 4.78 is 40.3. The number of carbonyl (C=O) groups excluding carboxylic acids is 1. The molecule has 5 nitrogen and oxygen atoms in total. The zero-order chi connectivity index (χ0) is 21.4. The van der Waals surface area contributed by atoms with Crippen LogP contribution in [0.2, 0.25) is 0 Å². The first-order chi connectivity index (χ1) is 14.4. The van der Waals surface area contributed by atoms with E-state index in [2.05, 4.69) is 5.32 Å². The molecule has 2 aromatic rings. The standard InChI is InChI=1S/C23H27FN2O3S/c24-21-7-5-6-20(18-21)14-15-25-23(27)13-10-19-8-11-22(12-9-19)30(28,29)26-16-3-1-2-4-17-26/h5-13,18H,1-4,14-17H2,(H,25,27). The van der Waals surface area contributed by atoms with Gasteiger partial charge in [0.15, 0.2) is 0 Å². The molecular weight excluding hydrogens is 403 g/mol. The molecule has 3 rings (SSSR count). The average Bonchev–Trinajstić information content (AvgIpc) is 3.03. The van der Waals surface area contributed by atoms with Crippen LogP contribution in [-0.2, 0) is 21.2 Å². The molecule has 1 fully saturated rings. The Balaban J connectivity index is 1.53. The topological polar surface area (TPSA) is 66.5 Å². The van der Waals surface area contributed by atoms with Gasteiger partial charge in [-0.05, 0) is 60.7 Å². The highest BCUT2D eigenvalue weighted by molar-refractivity contribution is 7.89. The third kappa shape index (κ3) is 6.24. The molecule has 1 aliphatic heterocycles. The number of sulfonamides is 1. The van der Waals surface area contributed by atoms with Gasteiger partial charge in [-0.1, -0.05) is 37.1 Å². The summed E-state index contributed by atoms with van der Waals surface area (Å²) in [4.78, 5) is 12.2. The van der Waals surface area contributed by atoms with E-state index in [0.717, 1.165) is 36.8 Å². The first-order valence-electron chi connectivity index (χ1n) is 10.3. The molecule has 0 spiro atoms. The van der Waals surface area contributed by atoms with Crippen molar-refractivity contribution in [2.45, 2.75) is 37.0 Å². The highest BCUT2D eigenvalue weighted by Gasteiger charge is 2.24. The van der Waals surface area contributed by atoms with E-state index in [9.17, 15) is 17.6 Å². The van der Waals surface area contributed by atoms with E-state index in [1.54, 1.807) is 40.7 Å². The van der Waals surface area contributed by atoms with Crippen LogP contribution in [0, 0.1) is 5.82 Å². The smallest absolute Gasteiger partial charge is 0.244 e. The molecule has 1 amide bonds. The largest absolute Gasteiger partial charge is 0.352 e. The lowest BCUT2D eigenvalue weighted by molar-refractivity contribution is -0.116. The number of hydrogen-bond donors (Lipinski definition) is 1. The number of halogens is 1. The Morgan fingerprint density at radius 2 is 1.73 bits per heavy atom. The fourth-order valence-electron chi connectivity index (χ4n) is 3.44. The minimum absolute atomic E-state index is 0.257. The number of amides is 1. The Kier molecular flexibility index (Phi) is 7.76. The van der Waals surface area contributed by atoms with Gasteiger partial charge in [-0.3, -0.25) is 4.79 Å². The van der Waals surface area contributed by atoms with Gasteiger partial charge in [0.1, 0.15) is 5.82 Å². The van der Waals surface area contributed by atoms with E-state index in [1.165, 1.54) is 18.2 Å². The summed E-state index contributed by atoms with van der Waals surface area (Å²) in [6.07, 6.45) is 7.52. The molecule has 30 heavy (non-hydrogen) atoms. The second-order valence-electron chi connectivity index (χ2n) is 7.39.